The average Bonchev–Trinajstić information content (AvgIpc) is 2.74. The van der Waals surface area contributed by atoms with Gasteiger partial charge < -0.3 is 14.4 Å². The summed E-state index contributed by atoms with van der Waals surface area (Å²) in [4.78, 5) is 6.28. The van der Waals surface area contributed by atoms with Crippen LogP contribution >= 0.6 is 11.3 Å². The lowest BCUT2D eigenvalue weighted by atomic mass is 10.1. The van der Waals surface area contributed by atoms with Gasteiger partial charge in [-0.3, -0.25) is 0 Å². The second-order valence-corrected chi connectivity index (χ2v) is 5.41. The molecule has 7 heteroatoms. The molecule has 0 atom stereocenters. The number of piperidine rings is 1. The predicted molar refractivity (Wildman–Crippen MR) is 62.9 cm³/mol. The van der Waals surface area contributed by atoms with Crippen molar-refractivity contribution >= 4 is 16.5 Å². The van der Waals surface area contributed by atoms with E-state index in [9.17, 15) is 8.78 Å². The van der Waals surface area contributed by atoms with E-state index in [-0.39, 0.29) is 19.1 Å². The van der Waals surface area contributed by atoms with Crippen LogP contribution in [0.1, 0.15) is 31.7 Å². The maximum atomic E-state index is 13.1. The second-order valence-electron chi connectivity index (χ2n) is 4.57. The Hall–Kier alpha value is -0.790. The van der Waals surface area contributed by atoms with Gasteiger partial charge in [-0.15, -0.1) is 11.3 Å². The molecule has 0 radical (unpaired) electrons. The molecule has 2 aliphatic heterocycles. The molecule has 0 unspecified atom stereocenters. The molecule has 4 nitrogen and oxygen atoms in total. The third-order valence-electron chi connectivity index (χ3n) is 3.15. The molecule has 0 spiro atoms. The van der Waals surface area contributed by atoms with Crippen LogP contribution in [-0.4, -0.2) is 30.3 Å². The maximum absolute atomic E-state index is 13.1. The summed E-state index contributed by atoms with van der Waals surface area (Å²) in [5.41, 5.74) is 0.727. The van der Waals surface area contributed by atoms with Gasteiger partial charge in [0.2, 0.25) is 6.29 Å². The molecule has 1 aromatic heterocycles. The minimum absolute atomic E-state index is 0.102. The van der Waals surface area contributed by atoms with Crippen LogP contribution in [0.2, 0.25) is 0 Å². The first-order chi connectivity index (χ1) is 8.53. The molecule has 0 bridgehead atoms. The van der Waals surface area contributed by atoms with Crippen molar-refractivity contribution in [1.29, 1.82) is 0 Å². The third-order valence-corrected chi connectivity index (χ3v) is 4.07. The van der Waals surface area contributed by atoms with Gasteiger partial charge in [0.1, 0.15) is 5.69 Å². The fourth-order valence-corrected chi connectivity index (χ4v) is 2.93. The van der Waals surface area contributed by atoms with Crippen molar-refractivity contribution in [2.75, 3.05) is 18.0 Å². The Labute approximate surface area is 108 Å². The van der Waals surface area contributed by atoms with Crippen molar-refractivity contribution in [2.24, 2.45) is 0 Å². The van der Waals surface area contributed by atoms with E-state index in [1.807, 2.05) is 17.2 Å². The summed E-state index contributed by atoms with van der Waals surface area (Å²) in [6, 6.07) is 0. The Balaban J connectivity index is 1.63. The van der Waals surface area contributed by atoms with Crippen LogP contribution in [0, 0.1) is 0 Å². The smallest absolute Gasteiger partial charge is 0.251 e. The summed E-state index contributed by atoms with van der Waals surface area (Å²) in [6.07, 6.45) is -0.782. The number of thiazole rings is 1. The van der Waals surface area contributed by atoms with Gasteiger partial charge in [0.15, 0.2) is 11.4 Å². The van der Waals surface area contributed by atoms with Crippen molar-refractivity contribution in [1.82, 2.24) is 4.98 Å². The highest BCUT2D eigenvalue weighted by atomic mass is 32.1. The monoisotopic (exact) mass is 276 g/mol. The molecule has 0 amide bonds. The molecule has 3 rings (SSSR count). The van der Waals surface area contributed by atoms with E-state index < -0.39 is 12.2 Å². The number of hydrogen-bond acceptors (Lipinski definition) is 5. The summed E-state index contributed by atoms with van der Waals surface area (Å²) in [6.45, 7) is 2.52. The third kappa shape index (κ3) is 2.34. The summed E-state index contributed by atoms with van der Waals surface area (Å²) in [7, 11) is 0. The first-order valence-corrected chi connectivity index (χ1v) is 6.81. The molecule has 2 saturated heterocycles. The van der Waals surface area contributed by atoms with Crippen LogP contribution < -0.4 is 4.90 Å². The lowest BCUT2D eigenvalue weighted by Gasteiger charge is -2.33. The molecule has 2 fully saturated rings. The van der Waals surface area contributed by atoms with Crippen molar-refractivity contribution < 1.29 is 18.3 Å². The number of alkyl halides is 2. The number of anilines is 1. The van der Waals surface area contributed by atoms with E-state index in [1.54, 1.807) is 0 Å². The predicted octanol–water partition coefficient (Wildman–Crippen LogP) is 2.77. The zero-order chi connectivity index (χ0) is 12.8. The van der Waals surface area contributed by atoms with Gasteiger partial charge in [0, 0.05) is 31.3 Å². The zero-order valence-electron chi connectivity index (χ0n) is 9.94. The van der Waals surface area contributed by atoms with Crippen LogP contribution in [-0.2, 0) is 9.47 Å². The number of hydrogen-bond donors (Lipinski definition) is 0. The maximum Gasteiger partial charge on any atom is 0.251 e. The first-order valence-electron chi connectivity index (χ1n) is 5.93. The highest BCUT2D eigenvalue weighted by Gasteiger charge is 2.36. The quantitative estimate of drug-likeness (QED) is 0.832. The number of rotatable bonds is 2. The van der Waals surface area contributed by atoms with E-state index in [1.165, 1.54) is 11.3 Å². The minimum Gasteiger partial charge on any atom is -0.348 e. The van der Waals surface area contributed by atoms with Crippen molar-refractivity contribution in [3.05, 3.63) is 11.1 Å². The number of halogens is 2. The molecule has 0 N–H and O–H groups in total. The Kier molecular flexibility index (Phi) is 2.99. The largest absolute Gasteiger partial charge is 0.348 e. The van der Waals surface area contributed by atoms with Crippen LogP contribution in [0.15, 0.2) is 5.38 Å². The van der Waals surface area contributed by atoms with Crippen LogP contribution in [0.5, 0.6) is 0 Å². The molecule has 1 aromatic rings. The van der Waals surface area contributed by atoms with Crippen LogP contribution in [0.3, 0.4) is 0 Å². The first kappa shape index (κ1) is 12.3. The zero-order valence-corrected chi connectivity index (χ0v) is 10.8. The van der Waals surface area contributed by atoms with Gasteiger partial charge in [-0.25, -0.2) is 13.8 Å². The van der Waals surface area contributed by atoms with E-state index in [4.69, 9.17) is 9.47 Å². The molecule has 0 aromatic carbocycles. The molecular weight excluding hydrogens is 262 g/mol. The summed E-state index contributed by atoms with van der Waals surface area (Å²) in [5.74, 6) is -2.52. The molecule has 2 aliphatic rings. The lowest BCUT2D eigenvalue weighted by Crippen LogP contribution is -2.39. The molecule has 18 heavy (non-hydrogen) atoms. The summed E-state index contributed by atoms with van der Waals surface area (Å²) in [5, 5.41) is 2.63. The molecule has 0 saturated carbocycles. The van der Waals surface area contributed by atoms with Crippen molar-refractivity contribution in [2.45, 2.75) is 38.3 Å². The average molecular weight is 276 g/mol. The van der Waals surface area contributed by atoms with E-state index >= 15 is 0 Å². The van der Waals surface area contributed by atoms with Gasteiger partial charge >= 0.3 is 0 Å². The van der Waals surface area contributed by atoms with Gasteiger partial charge in [-0.1, -0.05) is 0 Å². The van der Waals surface area contributed by atoms with Gasteiger partial charge in [-0.05, 0) is 6.92 Å². The van der Waals surface area contributed by atoms with Crippen LogP contribution in [0.4, 0.5) is 13.9 Å². The van der Waals surface area contributed by atoms with Crippen LogP contribution in [0.25, 0.3) is 0 Å². The van der Waals surface area contributed by atoms with E-state index in [2.05, 4.69) is 4.98 Å². The molecule has 0 aliphatic carbocycles. The Bertz CT molecular complexity index is 424. The normalized spacial score (nSPS) is 31.2. The number of ether oxygens (including phenoxy) is 2. The highest BCUT2D eigenvalue weighted by molar-refractivity contribution is 7.13. The van der Waals surface area contributed by atoms with E-state index in [0.717, 1.165) is 10.8 Å². The van der Waals surface area contributed by atoms with Gasteiger partial charge in [0.25, 0.3) is 5.92 Å². The Morgan fingerprint density at radius 1 is 1.39 bits per heavy atom. The standard InChI is InChI=1S/C11H14F2N2O2S/c1-7-16-9(17-7)8-6-18-10(14-8)15-4-2-11(12,13)3-5-15/h6-7,9H,2-5H2,1H3. The highest BCUT2D eigenvalue weighted by Crippen LogP contribution is 2.36. The summed E-state index contributed by atoms with van der Waals surface area (Å²) >= 11 is 1.44. The van der Waals surface area contributed by atoms with Crippen molar-refractivity contribution in [3.8, 4) is 0 Å². The van der Waals surface area contributed by atoms with Crippen molar-refractivity contribution in [3.63, 3.8) is 0 Å². The fourth-order valence-electron chi connectivity index (χ4n) is 2.05. The fraction of sp³-hybridized carbons (Fsp3) is 0.727. The molecule has 3 heterocycles. The SMILES string of the molecule is CC1OC(c2csc(N3CCC(F)(F)CC3)n2)O1. The van der Waals surface area contributed by atoms with Gasteiger partial charge in [0.05, 0.1) is 0 Å². The van der Waals surface area contributed by atoms with E-state index in [0.29, 0.717) is 13.1 Å². The second kappa shape index (κ2) is 4.40. The Morgan fingerprint density at radius 2 is 2.06 bits per heavy atom. The topological polar surface area (TPSA) is 34.6 Å². The Morgan fingerprint density at radius 3 is 2.67 bits per heavy atom. The lowest BCUT2D eigenvalue weighted by molar-refractivity contribution is -0.383. The van der Waals surface area contributed by atoms with Gasteiger partial charge in [-0.2, -0.15) is 0 Å². The number of nitrogens with zero attached hydrogens (tertiary/aromatic N) is 2. The summed E-state index contributed by atoms with van der Waals surface area (Å²) < 4.78 is 36.8. The minimum atomic E-state index is -2.52. The molecule has 100 valence electrons. The molecular formula is C11H14F2N2O2S. The number of aromatic nitrogens is 1.